The van der Waals surface area contributed by atoms with Crippen molar-refractivity contribution in [2.24, 2.45) is 0 Å². The molecule has 0 aliphatic carbocycles. The smallest absolute Gasteiger partial charge is 0.245 e. The fraction of sp³-hybridized carbons (Fsp3) is 0.304. The van der Waals surface area contributed by atoms with Crippen LogP contribution in [0.2, 0.25) is 0 Å². The Kier molecular flexibility index (Phi) is 6.22. The standard InChI is InChI=1S/C23H24N6O3/c1-4-20(30)29-9-7-16(8-10-29)26-23-21-19(24-14-25-22(21)27-28-23)6-5-15-11-17(31-2)13-18(12-15)32-3/h4,11-14,16H,1,7-10H2,2-3H3,(H2,24,25,26,27,28). The molecular weight excluding hydrogens is 408 g/mol. The van der Waals surface area contributed by atoms with Crippen molar-refractivity contribution in [1.82, 2.24) is 25.1 Å². The summed E-state index contributed by atoms with van der Waals surface area (Å²) < 4.78 is 10.6. The number of fused-ring (bicyclic) bond motifs is 1. The lowest BCUT2D eigenvalue weighted by atomic mass is 10.0. The fourth-order valence-corrected chi connectivity index (χ4v) is 3.64. The Labute approximate surface area is 185 Å². The van der Waals surface area contributed by atoms with E-state index in [1.807, 2.05) is 12.1 Å². The number of anilines is 1. The number of methoxy groups -OCH3 is 2. The molecule has 1 amide bonds. The summed E-state index contributed by atoms with van der Waals surface area (Å²) in [5.74, 6) is 8.19. The first-order valence-corrected chi connectivity index (χ1v) is 10.2. The quantitative estimate of drug-likeness (QED) is 0.471. The molecule has 1 aliphatic rings. The Morgan fingerprint density at radius 3 is 2.56 bits per heavy atom. The van der Waals surface area contributed by atoms with Gasteiger partial charge >= 0.3 is 0 Å². The molecule has 0 saturated carbocycles. The highest BCUT2D eigenvalue weighted by Crippen LogP contribution is 2.25. The number of amides is 1. The van der Waals surface area contributed by atoms with Gasteiger partial charge < -0.3 is 19.7 Å². The molecule has 1 aliphatic heterocycles. The Morgan fingerprint density at radius 2 is 1.91 bits per heavy atom. The van der Waals surface area contributed by atoms with Gasteiger partial charge in [-0.15, -0.1) is 0 Å². The van der Waals surface area contributed by atoms with Crippen molar-refractivity contribution in [3.05, 3.63) is 48.4 Å². The molecule has 164 valence electrons. The zero-order valence-corrected chi connectivity index (χ0v) is 18.0. The number of ether oxygens (including phenoxy) is 2. The normalized spacial score (nSPS) is 13.9. The molecule has 1 aromatic carbocycles. The first-order valence-electron chi connectivity index (χ1n) is 10.2. The molecule has 1 fully saturated rings. The minimum absolute atomic E-state index is 0.0335. The second kappa shape index (κ2) is 9.39. The molecule has 0 atom stereocenters. The van der Waals surface area contributed by atoms with Crippen molar-refractivity contribution in [1.29, 1.82) is 0 Å². The van der Waals surface area contributed by atoms with Crippen LogP contribution in [0.25, 0.3) is 11.0 Å². The van der Waals surface area contributed by atoms with E-state index >= 15 is 0 Å². The van der Waals surface area contributed by atoms with Gasteiger partial charge in [-0.2, -0.15) is 5.10 Å². The predicted octanol–water partition coefficient (Wildman–Crippen LogP) is 2.36. The van der Waals surface area contributed by atoms with Crippen molar-refractivity contribution >= 4 is 22.8 Å². The Bertz CT molecular complexity index is 1180. The van der Waals surface area contributed by atoms with Gasteiger partial charge in [0.15, 0.2) is 11.5 Å². The van der Waals surface area contributed by atoms with Crippen LogP contribution in [-0.4, -0.2) is 64.3 Å². The van der Waals surface area contributed by atoms with Crippen LogP contribution in [0.5, 0.6) is 11.5 Å². The van der Waals surface area contributed by atoms with E-state index < -0.39 is 0 Å². The minimum atomic E-state index is -0.0335. The van der Waals surface area contributed by atoms with Gasteiger partial charge in [0.1, 0.15) is 23.5 Å². The molecule has 0 unspecified atom stereocenters. The zero-order valence-electron chi connectivity index (χ0n) is 18.0. The number of carbonyl (C=O) groups is 1. The first kappa shape index (κ1) is 21.2. The van der Waals surface area contributed by atoms with Crippen molar-refractivity contribution in [3.63, 3.8) is 0 Å². The fourth-order valence-electron chi connectivity index (χ4n) is 3.64. The lowest BCUT2D eigenvalue weighted by Gasteiger charge is -2.31. The third-order valence-corrected chi connectivity index (χ3v) is 5.36. The van der Waals surface area contributed by atoms with Crippen LogP contribution in [0.4, 0.5) is 5.82 Å². The lowest BCUT2D eigenvalue weighted by Crippen LogP contribution is -2.41. The summed E-state index contributed by atoms with van der Waals surface area (Å²) in [6.45, 7) is 4.90. The molecule has 3 heterocycles. The predicted molar refractivity (Wildman–Crippen MR) is 121 cm³/mol. The van der Waals surface area contributed by atoms with Crippen molar-refractivity contribution in [2.75, 3.05) is 32.6 Å². The summed E-state index contributed by atoms with van der Waals surface area (Å²) >= 11 is 0. The number of aromatic nitrogens is 4. The van der Waals surface area contributed by atoms with Crippen LogP contribution in [0.15, 0.2) is 37.2 Å². The van der Waals surface area contributed by atoms with Crippen molar-refractivity contribution in [2.45, 2.75) is 18.9 Å². The number of H-pyrrole nitrogens is 1. The monoisotopic (exact) mass is 432 g/mol. The maximum Gasteiger partial charge on any atom is 0.245 e. The van der Waals surface area contributed by atoms with E-state index in [-0.39, 0.29) is 11.9 Å². The topological polar surface area (TPSA) is 105 Å². The Balaban J connectivity index is 1.58. The SMILES string of the molecule is C=CC(=O)N1CCC(Nc2n[nH]c3ncnc(C#Cc4cc(OC)cc(OC)c4)c23)CC1. The van der Waals surface area contributed by atoms with Crippen LogP contribution < -0.4 is 14.8 Å². The first-order chi connectivity index (χ1) is 15.6. The molecule has 9 nitrogen and oxygen atoms in total. The molecule has 3 aromatic rings. The number of carbonyl (C=O) groups excluding carboxylic acids is 1. The number of piperidine rings is 1. The third-order valence-electron chi connectivity index (χ3n) is 5.36. The van der Waals surface area contributed by atoms with Crippen LogP contribution in [-0.2, 0) is 4.79 Å². The number of aromatic amines is 1. The molecule has 0 radical (unpaired) electrons. The second-order valence-corrected chi connectivity index (χ2v) is 7.32. The number of rotatable bonds is 5. The van der Waals surface area contributed by atoms with Crippen molar-refractivity contribution < 1.29 is 14.3 Å². The number of hydrogen-bond acceptors (Lipinski definition) is 7. The van der Waals surface area contributed by atoms with E-state index in [0.29, 0.717) is 41.7 Å². The molecule has 0 spiro atoms. The lowest BCUT2D eigenvalue weighted by molar-refractivity contribution is -0.126. The van der Waals surface area contributed by atoms with Gasteiger partial charge in [0.25, 0.3) is 0 Å². The molecule has 0 bridgehead atoms. The van der Waals surface area contributed by atoms with E-state index in [0.717, 1.165) is 23.8 Å². The van der Waals surface area contributed by atoms with Gasteiger partial charge in [-0.05, 0) is 37.0 Å². The molecule has 32 heavy (non-hydrogen) atoms. The third kappa shape index (κ3) is 4.49. The van der Waals surface area contributed by atoms with Gasteiger partial charge in [0.05, 0.1) is 19.6 Å². The Hall–Kier alpha value is -4.06. The largest absolute Gasteiger partial charge is 0.497 e. The average Bonchev–Trinajstić information content (AvgIpc) is 3.25. The van der Waals surface area contributed by atoms with E-state index in [1.54, 1.807) is 25.2 Å². The number of nitrogens with zero attached hydrogens (tertiary/aromatic N) is 4. The van der Waals surface area contributed by atoms with E-state index in [4.69, 9.17) is 9.47 Å². The van der Waals surface area contributed by atoms with E-state index in [9.17, 15) is 4.79 Å². The van der Waals surface area contributed by atoms with Crippen LogP contribution >= 0.6 is 0 Å². The van der Waals surface area contributed by atoms with Gasteiger partial charge in [-0.3, -0.25) is 9.89 Å². The molecule has 2 N–H and O–H groups in total. The summed E-state index contributed by atoms with van der Waals surface area (Å²) in [5.41, 5.74) is 1.91. The summed E-state index contributed by atoms with van der Waals surface area (Å²) in [4.78, 5) is 22.2. The molecule has 9 heteroatoms. The van der Waals surface area contributed by atoms with E-state index in [1.165, 1.54) is 12.4 Å². The van der Waals surface area contributed by atoms with Crippen LogP contribution in [0, 0.1) is 11.8 Å². The minimum Gasteiger partial charge on any atom is -0.497 e. The highest BCUT2D eigenvalue weighted by Gasteiger charge is 2.23. The van der Waals surface area contributed by atoms with Gasteiger partial charge in [0, 0.05) is 30.8 Å². The zero-order chi connectivity index (χ0) is 22.5. The number of hydrogen-bond donors (Lipinski definition) is 2. The van der Waals surface area contributed by atoms with Gasteiger partial charge in [0.2, 0.25) is 5.91 Å². The summed E-state index contributed by atoms with van der Waals surface area (Å²) in [7, 11) is 3.20. The average molecular weight is 432 g/mol. The molecule has 1 saturated heterocycles. The van der Waals surface area contributed by atoms with Gasteiger partial charge in [-0.25, -0.2) is 9.97 Å². The van der Waals surface area contributed by atoms with E-state index in [2.05, 4.69) is 43.9 Å². The van der Waals surface area contributed by atoms with Gasteiger partial charge in [-0.1, -0.05) is 12.5 Å². The summed E-state index contributed by atoms with van der Waals surface area (Å²) in [6.07, 6.45) is 4.44. The summed E-state index contributed by atoms with van der Waals surface area (Å²) in [6, 6.07) is 5.64. The van der Waals surface area contributed by atoms with Crippen molar-refractivity contribution in [3.8, 4) is 23.3 Å². The number of likely N-dealkylation sites (tertiary alicyclic amines) is 1. The molecular formula is C23H24N6O3. The number of benzene rings is 1. The second-order valence-electron chi connectivity index (χ2n) is 7.32. The summed E-state index contributed by atoms with van der Waals surface area (Å²) in [5, 5.41) is 11.5. The molecule has 4 rings (SSSR count). The number of nitrogens with one attached hydrogen (secondary N) is 2. The highest BCUT2D eigenvalue weighted by molar-refractivity contribution is 5.91. The highest BCUT2D eigenvalue weighted by atomic mass is 16.5. The Morgan fingerprint density at radius 1 is 1.19 bits per heavy atom. The molecule has 2 aromatic heterocycles. The maximum absolute atomic E-state index is 11.8. The van der Waals surface area contributed by atoms with Crippen LogP contribution in [0.1, 0.15) is 24.1 Å². The van der Waals surface area contributed by atoms with Crippen LogP contribution in [0.3, 0.4) is 0 Å². The maximum atomic E-state index is 11.8.